The molecule has 0 radical (unpaired) electrons. The molecular formula is C18H29N3. The summed E-state index contributed by atoms with van der Waals surface area (Å²) >= 11 is 0. The summed E-state index contributed by atoms with van der Waals surface area (Å²) in [5.74, 6) is 1.21. The predicted octanol–water partition coefficient (Wildman–Crippen LogP) is 4.37. The molecule has 3 nitrogen and oxygen atoms in total. The SMILES string of the molecule is CCCCCCc1nc2cc(CN)ccc2n1C(C)(C)C. The summed E-state index contributed by atoms with van der Waals surface area (Å²) in [4.78, 5) is 4.89. The van der Waals surface area contributed by atoms with E-state index >= 15 is 0 Å². The zero-order valence-electron chi connectivity index (χ0n) is 13.9. The molecule has 0 unspecified atom stereocenters. The molecule has 2 aromatic rings. The van der Waals surface area contributed by atoms with E-state index in [1.807, 2.05) is 0 Å². The number of rotatable bonds is 6. The van der Waals surface area contributed by atoms with E-state index < -0.39 is 0 Å². The van der Waals surface area contributed by atoms with Crippen LogP contribution >= 0.6 is 0 Å². The molecular weight excluding hydrogens is 258 g/mol. The summed E-state index contributed by atoms with van der Waals surface area (Å²) in [5.41, 5.74) is 9.27. The van der Waals surface area contributed by atoms with Crippen LogP contribution < -0.4 is 5.73 Å². The highest BCUT2D eigenvalue weighted by Gasteiger charge is 2.21. The lowest BCUT2D eigenvalue weighted by Gasteiger charge is -2.24. The largest absolute Gasteiger partial charge is 0.326 e. The molecule has 0 saturated heterocycles. The van der Waals surface area contributed by atoms with E-state index in [4.69, 9.17) is 10.7 Å². The van der Waals surface area contributed by atoms with Crippen molar-refractivity contribution in [3.63, 3.8) is 0 Å². The Kier molecular flexibility index (Phi) is 5.04. The van der Waals surface area contributed by atoms with Gasteiger partial charge in [0.1, 0.15) is 5.82 Å². The lowest BCUT2D eigenvalue weighted by Crippen LogP contribution is -2.24. The van der Waals surface area contributed by atoms with Gasteiger partial charge in [0.2, 0.25) is 0 Å². The number of nitrogens with two attached hydrogens (primary N) is 1. The number of imidazole rings is 1. The van der Waals surface area contributed by atoms with Crippen molar-refractivity contribution in [2.24, 2.45) is 5.73 Å². The van der Waals surface area contributed by atoms with Gasteiger partial charge < -0.3 is 10.3 Å². The Hall–Kier alpha value is -1.35. The molecule has 0 aliphatic carbocycles. The third kappa shape index (κ3) is 3.65. The van der Waals surface area contributed by atoms with Crippen LogP contribution in [-0.4, -0.2) is 9.55 Å². The Morgan fingerprint density at radius 1 is 1.14 bits per heavy atom. The van der Waals surface area contributed by atoms with Gasteiger partial charge in [-0.15, -0.1) is 0 Å². The molecule has 1 aromatic carbocycles. The van der Waals surface area contributed by atoms with Crippen LogP contribution in [0, 0.1) is 0 Å². The number of hydrogen-bond acceptors (Lipinski definition) is 2. The fourth-order valence-electron chi connectivity index (χ4n) is 2.93. The molecule has 0 bridgehead atoms. The van der Waals surface area contributed by atoms with Crippen molar-refractivity contribution in [3.8, 4) is 0 Å². The van der Waals surface area contributed by atoms with Crippen molar-refractivity contribution in [2.75, 3.05) is 0 Å². The van der Waals surface area contributed by atoms with E-state index in [9.17, 15) is 0 Å². The van der Waals surface area contributed by atoms with Gasteiger partial charge in [0.25, 0.3) is 0 Å². The van der Waals surface area contributed by atoms with Crippen LogP contribution in [0.5, 0.6) is 0 Å². The summed E-state index contributed by atoms with van der Waals surface area (Å²) in [6.45, 7) is 9.57. The Morgan fingerprint density at radius 2 is 1.90 bits per heavy atom. The third-order valence-electron chi connectivity index (χ3n) is 3.95. The predicted molar refractivity (Wildman–Crippen MR) is 90.5 cm³/mol. The maximum absolute atomic E-state index is 5.75. The highest BCUT2D eigenvalue weighted by Crippen LogP contribution is 2.27. The molecule has 21 heavy (non-hydrogen) atoms. The Bertz CT molecular complexity index is 590. The first-order valence-electron chi connectivity index (χ1n) is 8.18. The van der Waals surface area contributed by atoms with E-state index in [2.05, 4.69) is 50.5 Å². The van der Waals surface area contributed by atoms with Gasteiger partial charge >= 0.3 is 0 Å². The second-order valence-electron chi connectivity index (χ2n) is 6.87. The third-order valence-corrected chi connectivity index (χ3v) is 3.95. The van der Waals surface area contributed by atoms with Crippen molar-refractivity contribution in [1.29, 1.82) is 0 Å². The molecule has 0 amide bonds. The summed E-state index contributed by atoms with van der Waals surface area (Å²) in [6.07, 6.45) is 6.15. The zero-order chi connectivity index (χ0) is 15.5. The fraction of sp³-hybridized carbons (Fsp3) is 0.611. The Balaban J connectivity index is 2.37. The van der Waals surface area contributed by atoms with E-state index in [0.717, 1.165) is 17.5 Å². The molecule has 2 N–H and O–H groups in total. The van der Waals surface area contributed by atoms with E-state index in [1.165, 1.54) is 37.0 Å². The second kappa shape index (κ2) is 6.61. The minimum absolute atomic E-state index is 0.0546. The molecule has 2 rings (SSSR count). The molecule has 1 aromatic heterocycles. The zero-order valence-corrected chi connectivity index (χ0v) is 13.9. The maximum atomic E-state index is 5.75. The van der Waals surface area contributed by atoms with Gasteiger partial charge in [0, 0.05) is 18.5 Å². The number of fused-ring (bicyclic) bond motifs is 1. The van der Waals surface area contributed by atoms with Crippen molar-refractivity contribution in [1.82, 2.24) is 9.55 Å². The number of nitrogens with zero attached hydrogens (tertiary/aromatic N) is 2. The van der Waals surface area contributed by atoms with Gasteiger partial charge in [0.15, 0.2) is 0 Å². The molecule has 0 saturated carbocycles. The molecule has 0 fully saturated rings. The monoisotopic (exact) mass is 287 g/mol. The molecule has 0 spiro atoms. The Labute approximate surface area is 128 Å². The summed E-state index contributed by atoms with van der Waals surface area (Å²) in [5, 5.41) is 0. The van der Waals surface area contributed by atoms with Crippen LogP contribution in [0.1, 0.15) is 64.8 Å². The van der Waals surface area contributed by atoms with Crippen LogP contribution in [0.3, 0.4) is 0 Å². The summed E-state index contributed by atoms with van der Waals surface area (Å²) in [7, 11) is 0. The Morgan fingerprint density at radius 3 is 2.52 bits per heavy atom. The van der Waals surface area contributed by atoms with Gasteiger partial charge in [-0.05, 0) is 44.9 Å². The minimum Gasteiger partial charge on any atom is -0.326 e. The van der Waals surface area contributed by atoms with E-state index in [-0.39, 0.29) is 5.54 Å². The first-order valence-corrected chi connectivity index (χ1v) is 8.18. The lowest BCUT2D eigenvalue weighted by molar-refractivity contribution is 0.391. The number of unbranched alkanes of at least 4 members (excludes halogenated alkanes) is 3. The van der Waals surface area contributed by atoms with Crippen molar-refractivity contribution < 1.29 is 0 Å². The van der Waals surface area contributed by atoms with Crippen LogP contribution in [-0.2, 0) is 18.5 Å². The standard InChI is InChI=1S/C18H29N3/c1-5-6-7-8-9-17-20-15-12-14(13-19)10-11-16(15)21(17)18(2,3)4/h10-12H,5-9,13,19H2,1-4H3. The first kappa shape index (κ1) is 16.0. The van der Waals surface area contributed by atoms with Crippen LogP contribution in [0.2, 0.25) is 0 Å². The van der Waals surface area contributed by atoms with E-state index in [1.54, 1.807) is 0 Å². The van der Waals surface area contributed by atoms with Gasteiger partial charge in [-0.1, -0.05) is 32.3 Å². The number of aromatic nitrogens is 2. The molecule has 116 valence electrons. The highest BCUT2D eigenvalue weighted by molar-refractivity contribution is 5.77. The summed E-state index contributed by atoms with van der Waals surface area (Å²) in [6, 6.07) is 6.42. The molecule has 0 aliphatic rings. The number of aryl methyl sites for hydroxylation is 1. The van der Waals surface area contributed by atoms with Gasteiger partial charge in [-0.3, -0.25) is 0 Å². The fourth-order valence-corrected chi connectivity index (χ4v) is 2.93. The smallest absolute Gasteiger partial charge is 0.110 e. The van der Waals surface area contributed by atoms with Gasteiger partial charge in [0.05, 0.1) is 11.0 Å². The van der Waals surface area contributed by atoms with Crippen molar-refractivity contribution >= 4 is 11.0 Å². The minimum atomic E-state index is 0.0546. The van der Waals surface area contributed by atoms with Crippen LogP contribution in [0.25, 0.3) is 11.0 Å². The van der Waals surface area contributed by atoms with Crippen molar-refractivity contribution in [2.45, 2.75) is 71.9 Å². The molecule has 0 atom stereocenters. The second-order valence-corrected chi connectivity index (χ2v) is 6.87. The van der Waals surface area contributed by atoms with Gasteiger partial charge in [-0.2, -0.15) is 0 Å². The summed E-state index contributed by atoms with van der Waals surface area (Å²) < 4.78 is 2.40. The maximum Gasteiger partial charge on any atom is 0.110 e. The topological polar surface area (TPSA) is 43.8 Å². The first-order chi connectivity index (χ1) is 9.97. The quantitative estimate of drug-likeness (QED) is 0.802. The number of hydrogen-bond donors (Lipinski definition) is 1. The lowest BCUT2D eigenvalue weighted by atomic mass is 10.1. The average molecular weight is 287 g/mol. The van der Waals surface area contributed by atoms with Crippen LogP contribution in [0.15, 0.2) is 18.2 Å². The molecule has 0 aliphatic heterocycles. The van der Waals surface area contributed by atoms with Gasteiger partial charge in [-0.25, -0.2) is 4.98 Å². The average Bonchev–Trinajstić information content (AvgIpc) is 2.80. The van der Waals surface area contributed by atoms with E-state index in [0.29, 0.717) is 6.54 Å². The normalized spacial score (nSPS) is 12.2. The van der Waals surface area contributed by atoms with Crippen LogP contribution in [0.4, 0.5) is 0 Å². The highest BCUT2D eigenvalue weighted by atomic mass is 15.1. The number of benzene rings is 1. The molecule has 1 heterocycles. The molecule has 3 heteroatoms. The van der Waals surface area contributed by atoms with Crippen molar-refractivity contribution in [3.05, 3.63) is 29.6 Å².